The lowest BCUT2D eigenvalue weighted by atomic mass is 10.0. The van der Waals surface area contributed by atoms with Crippen molar-refractivity contribution in [3.8, 4) is 0 Å². The third kappa shape index (κ3) is 3.70. The minimum atomic E-state index is -0.521. The van der Waals surface area contributed by atoms with Crippen molar-refractivity contribution in [1.82, 2.24) is 0 Å². The highest BCUT2D eigenvalue weighted by Gasteiger charge is 2.22. The smallest absolute Gasteiger partial charge is 0.244 e. The SMILES string of the molecule is CCN(C(=O)[C@@H](N)Cc1ccccc1)c1ccccc1C. The zero-order valence-electron chi connectivity index (χ0n) is 12.6. The van der Waals surface area contributed by atoms with Crippen LogP contribution in [0.4, 0.5) is 5.69 Å². The number of carbonyl (C=O) groups is 1. The molecule has 2 rings (SSSR count). The topological polar surface area (TPSA) is 46.3 Å². The van der Waals surface area contributed by atoms with Gasteiger partial charge in [0.1, 0.15) is 0 Å². The maximum absolute atomic E-state index is 12.6. The van der Waals surface area contributed by atoms with Gasteiger partial charge in [-0.1, -0.05) is 48.5 Å². The van der Waals surface area contributed by atoms with Gasteiger partial charge in [0, 0.05) is 12.2 Å². The molecule has 2 N–H and O–H groups in total. The predicted molar refractivity (Wildman–Crippen MR) is 87.3 cm³/mol. The molecule has 0 aliphatic carbocycles. The third-order valence-electron chi connectivity index (χ3n) is 3.60. The minimum absolute atomic E-state index is 0.0318. The number of aryl methyl sites for hydroxylation is 1. The van der Waals surface area contributed by atoms with Crippen LogP contribution in [-0.2, 0) is 11.2 Å². The number of amides is 1. The van der Waals surface area contributed by atoms with Crippen molar-refractivity contribution in [3.05, 3.63) is 65.7 Å². The summed E-state index contributed by atoms with van der Waals surface area (Å²) in [5, 5.41) is 0. The van der Waals surface area contributed by atoms with Crippen LogP contribution in [-0.4, -0.2) is 18.5 Å². The van der Waals surface area contributed by atoms with Crippen LogP contribution >= 0.6 is 0 Å². The molecule has 0 saturated carbocycles. The number of benzene rings is 2. The number of hydrogen-bond donors (Lipinski definition) is 1. The van der Waals surface area contributed by atoms with Crippen LogP contribution in [0.1, 0.15) is 18.1 Å². The Bertz CT molecular complexity index is 595. The van der Waals surface area contributed by atoms with Crippen molar-refractivity contribution in [1.29, 1.82) is 0 Å². The zero-order valence-corrected chi connectivity index (χ0v) is 12.6. The second-order valence-corrected chi connectivity index (χ2v) is 5.17. The van der Waals surface area contributed by atoms with Gasteiger partial charge in [0.25, 0.3) is 0 Å². The fraction of sp³-hybridized carbons (Fsp3) is 0.278. The molecule has 0 fully saturated rings. The summed E-state index contributed by atoms with van der Waals surface area (Å²) in [6.45, 7) is 4.60. The molecule has 3 heteroatoms. The Labute approximate surface area is 126 Å². The normalized spacial score (nSPS) is 12.0. The number of likely N-dealkylation sites (N-methyl/N-ethyl adjacent to an activating group) is 1. The summed E-state index contributed by atoms with van der Waals surface area (Å²) in [6, 6.07) is 17.3. The molecule has 0 saturated heterocycles. The molecule has 2 aromatic carbocycles. The lowest BCUT2D eigenvalue weighted by Crippen LogP contribution is -2.45. The van der Waals surface area contributed by atoms with E-state index in [0.29, 0.717) is 13.0 Å². The number of hydrogen-bond acceptors (Lipinski definition) is 2. The first-order valence-electron chi connectivity index (χ1n) is 7.30. The highest BCUT2D eigenvalue weighted by molar-refractivity contribution is 5.97. The van der Waals surface area contributed by atoms with Crippen LogP contribution in [0.2, 0.25) is 0 Å². The van der Waals surface area contributed by atoms with Crippen molar-refractivity contribution < 1.29 is 4.79 Å². The van der Waals surface area contributed by atoms with Crippen LogP contribution in [0.15, 0.2) is 54.6 Å². The van der Waals surface area contributed by atoms with Crippen molar-refractivity contribution in [2.24, 2.45) is 5.73 Å². The second kappa shape index (κ2) is 7.04. The number of carbonyl (C=O) groups excluding carboxylic acids is 1. The molecule has 3 nitrogen and oxygen atoms in total. The van der Waals surface area contributed by atoms with Crippen LogP contribution in [0, 0.1) is 6.92 Å². The van der Waals surface area contributed by atoms with Gasteiger partial charge in [-0.3, -0.25) is 4.79 Å². The molecule has 1 atom stereocenters. The van der Waals surface area contributed by atoms with Crippen molar-refractivity contribution >= 4 is 11.6 Å². The molecule has 1 amide bonds. The molecule has 0 radical (unpaired) electrons. The van der Waals surface area contributed by atoms with E-state index in [9.17, 15) is 4.79 Å². The Hall–Kier alpha value is -2.13. The van der Waals surface area contributed by atoms with E-state index in [1.165, 1.54) is 0 Å². The van der Waals surface area contributed by atoms with Crippen LogP contribution < -0.4 is 10.6 Å². The van der Waals surface area contributed by atoms with Gasteiger partial charge in [-0.15, -0.1) is 0 Å². The number of rotatable bonds is 5. The highest BCUT2D eigenvalue weighted by atomic mass is 16.2. The molecular weight excluding hydrogens is 260 g/mol. The fourth-order valence-corrected chi connectivity index (χ4v) is 2.47. The molecular formula is C18H22N2O. The summed E-state index contributed by atoms with van der Waals surface area (Å²) in [5.41, 5.74) is 9.23. The van der Waals surface area contributed by atoms with E-state index in [1.54, 1.807) is 4.90 Å². The van der Waals surface area contributed by atoms with Gasteiger partial charge in [0.2, 0.25) is 5.91 Å². The molecule has 21 heavy (non-hydrogen) atoms. The first-order chi connectivity index (χ1) is 10.1. The molecule has 110 valence electrons. The molecule has 0 heterocycles. The lowest BCUT2D eigenvalue weighted by molar-refractivity contribution is -0.119. The number of nitrogens with two attached hydrogens (primary N) is 1. The summed E-state index contributed by atoms with van der Waals surface area (Å²) in [5.74, 6) is -0.0318. The molecule has 0 bridgehead atoms. The van der Waals surface area contributed by atoms with Gasteiger partial charge in [-0.05, 0) is 37.5 Å². The maximum Gasteiger partial charge on any atom is 0.244 e. The average molecular weight is 282 g/mol. The van der Waals surface area contributed by atoms with E-state index in [-0.39, 0.29) is 5.91 Å². The van der Waals surface area contributed by atoms with E-state index in [4.69, 9.17) is 5.73 Å². The molecule has 0 aromatic heterocycles. The zero-order chi connectivity index (χ0) is 15.2. The van der Waals surface area contributed by atoms with Crippen molar-refractivity contribution in [3.63, 3.8) is 0 Å². The van der Waals surface area contributed by atoms with Crippen molar-refractivity contribution in [2.75, 3.05) is 11.4 Å². The largest absolute Gasteiger partial charge is 0.320 e. The number of anilines is 1. The standard InChI is InChI=1S/C18H22N2O/c1-3-20(17-12-8-7-9-14(17)2)18(21)16(19)13-15-10-5-4-6-11-15/h4-12,16H,3,13,19H2,1-2H3/t16-/m0/s1. The van der Waals surface area contributed by atoms with Gasteiger partial charge in [0.15, 0.2) is 0 Å². The van der Waals surface area contributed by atoms with Gasteiger partial charge in [-0.25, -0.2) is 0 Å². The summed E-state index contributed by atoms with van der Waals surface area (Å²) in [6.07, 6.45) is 0.558. The van der Waals surface area contributed by atoms with Gasteiger partial charge < -0.3 is 10.6 Å². The monoisotopic (exact) mass is 282 g/mol. The minimum Gasteiger partial charge on any atom is -0.320 e. The van der Waals surface area contributed by atoms with Crippen molar-refractivity contribution in [2.45, 2.75) is 26.3 Å². The Morgan fingerprint density at radius 3 is 2.33 bits per heavy atom. The molecule has 0 aliphatic rings. The molecule has 0 spiro atoms. The summed E-state index contributed by atoms with van der Waals surface area (Å²) >= 11 is 0. The summed E-state index contributed by atoms with van der Waals surface area (Å²) in [7, 11) is 0. The average Bonchev–Trinajstić information content (AvgIpc) is 2.50. The Kier molecular flexibility index (Phi) is 5.12. The lowest BCUT2D eigenvalue weighted by Gasteiger charge is -2.26. The van der Waals surface area contributed by atoms with E-state index < -0.39 is 6.04 Å². The molecule has 2 aromatic rings. The van der Waals surface area contributed by atoms with E-state index in [2.05, 4.69) is 0 Å². The number of para-hydroxylation sites is 1. The summed E-state index contributed by atoms with van der Waals surface area (Å²) < 4.78 is 0. The van der Waals surface area contributed by atoms with E-state index >= 15 is 0 Å². The van der Waals surface area contributed by atoms with Gasteiger partial charge >= 0.3 is 0 Å². The van der Waals surface area contributed by atoms with E-state index in [0.717, 1.165) is 16.8 Å². The Morgan fingerprint density at radius 1 is 1.10 bits per heavy atom. The maximum atomic E-state index is 12.6. The van der Waals surface area contributed by atoms with Gasteiger partial charge in [-0.2, -0.15) is 0 Å². The first kappa shape index (κ1) is 15.3. The number of nitrogens with zero attached hydrogens (tertiary/aromatic N) is 1. The predicted octanol–water partition coefficient (Wildman–Crippen LogP) is 2.92. The molecule has 0 unspecified atom stereocenters. The van der Waals surface area contributed by atoms with Crippen LogP contribution in [0.25, 0.3) is 0 Å². The Balaban J connectivity index is 2.15. The molecule has 0 aliphatic heterocycles. The fourth-order valence-electron chi connectivity index (χ4n) is 2.47. The Morgan fingerprint density at radius 2 is 1.71 bits per heavy atom. The first-order valence-corrected chi connectivity index (χ1v) is 7.30. The summed E-state index contributed by atoms with van der Waals surface area (Å²) in [4.78, 5) is 14.4. The highest BCUT2D eigenvalue weighted by Crippen LogP contribution is 2.20. The van der Waals surface area contributed by atoms with Crippen LogP contribution in [0.3, 0.4) is 0 Å². The second-order valence-electron chi connectivity index (χ2n) is 5.17. The van der Waals surface area contributed by atoms with Gasteiger partial charge in [0.05, 0.1) is 6.04 Å². The van der Waals surface area contributed by atoms with Crippen LogP contribution in [0.5, 0.6) is 0 Å². The quantitative estimate of drug-likeness (QED) is 0.916. The third-order valence-corrected chi connectivity index (χ3v) is 3.60. The van der Waals surface area contributed by atoms with E-state index in [1.807, 2.05) is 68.4 Å².